The molecule has 1 saturated carbocycles. The smallest absolute Gasteiger partial charge is 0.122 e. The Labute approximate surface area is 110 Å². The summed E-state index contributed by atoms with van der Waals surface area (Å²) in [5.74, 6) is 1.75. The standard InChI is InChI=1S/C15H24N2O/c1-4-12-9-14(5-6-15(12)18-3)17(2)10-11-7-13(16)8-11/h5-6,9,11,13H,4,7-8,10,16H2,1-3H3. The van der Waals surface area contributed by atoms with E-state index in [2.05, 4.69) is 37.1 Å². The molecule has 0 aliphatic heterocycles. The second kappa shape index (κ2) is 5.61. The molecule has 0 atom stereocenters. The molecule has 100 valence electrons. The number of hydrogen-bond acceptors (Lipinski definition) is 3. The summed E-state index contributed by atoms with van der Waals surface area (Å²) in [5.41, 5.74) is 8.37. The van der Waals surface area contributed by atoms with Gasteiger partial charge in [0.1, 0.15) is 5.75 Å². The van der Waals surface area contributed by atoms with Crippen molar-refractivity contribution in [3.05, 3.63) is 23.8 Å². The maximum atomic E-state index is 5.83. The van der Waals surface area contributed by atoms with Crippen LogP contribution in [0.1, 0.15) is 25.3 Å². The summed E-state index contributed by atoms with van der Waals surface area (Å²) < 4.78 is 5.36. The van der Waals surface area contributed by atoms with Gasteiger partial charge in [-0.25, -0.2) is 0 Å². The van der Waals surface area contributed by atoms with E-state index in [-0.39, 0.29) is 0 Å². The van der Waals surface area contributed by atoms with Crippen LogP contribution in [0.4, 0.5) is 5.69 Å². The molecule has 0 aromatic heterocycles. The third-order valence-electron chi connectivity index (χ3n) is 3.89. The van der Waals surface area contributed by atoms with E-state index in [0.29, 0.717) is 6.04 Å². The molecular weight excluding hydrogens is 224 g/mol. The Kier molecular flexibility index (Phi) is 4.12. The van der Waals surface area contributed by atoms with Crippen LogP contribution in [0.15, 0.2) is 18.2 Å². The van der Waals surface area contributed by atoms with Gasteiger partial charge in [-0.05, 0) is 48.9 Å². The molecule has 18 heavy (non-hydrogen) atoms. The summed E-state index contributed by atoms with van der Waals surface area (Å²) in [6.07, 6.45) is 3.33. The molecule has 1 aromatic rings. The second-order valence-electron chi connectivity index (χ2n) is 5.33. The molecule has 3 nitrogen and oxygen atoms in total. The van der Waals surface area contributed by atoms with E-state index >= 15 is 0 Å². The number of anilines is 1. The lowest BCUT2D eigenvalue weighted by atomic mass is 9.80. The van der Waals surface area contributed by atoms with Crippen LogP contribution < -0.4 is 15.4 Å². The fourth-order valence-corrected chi connectivity index (χ4v) is 2.71. The zero-order valence-electron chi connectivity index (χ0n) is 11.6. The summed E-state index contributed by atoms with van der Waals surface area (Å²) in [7, 11) is 3.89. The first-order valence-corrected chi connectivity index (χ1v) is 6.77. The highest BCUT2D eigenvalue weighted by molar-refractivity contribution is 5.52. The predicted octanol–water partition coefficient (Wildman–Crippen LogP) is 2.43. The van der Waals surface area contributed by atoms with Crippen LogP contribution in [0, 0.1) is 5.92 Å². The van der Waals surface area contributed by atoms with Gasteiger partial charge in [0.05, 0.1) is 7.11 Å². The molecule has 0 amide bonds. The molecule has 2 rings (SSSR count). The molecule has 0 unspecified atom stereocenters. The van der Waals surface area contributed by atoms with E-state index in [1.165, 1.54) is 24.1 Å². The van der Waals surface area contributed by atoms with Crippen LogP contribution in [-0.2, 0) is 6.42 Å². The van der Waals surface area contributed by atoms with Gasteiger partial charge < -0.3 is 15.4 Å². The monoisotopic (exact) mass is 248 g/mol. The van der Waals surface area contributed by atoms with Crippen molar-refractivity contribution in [3.8, 4) is 5.75 Å². The van der Waals surface area contributed by atoms with Crippen molar-refractivity contribution in [2.45, 2.75) is 32.2 Å². The lowest BCUT2D eigenvalue weighted by molar-refractivity contribution is 0.271. The van der Waals surface area contributed by atoms with E-state index in [0.717, 1.165) is 24.6 Å². The summed E-state index contributed by atoms with van der Waals surface area (Å²) >= 11 is 0. The number of nitrogens with two attached hydrogens (primary N) is 1. The Morgan fingerprint density at radius 3 is 2.67 bits per heavy atom. The van der Waals surface area contributed by atoms with Gasteiger partial charge in [0, 0.05) is 25.3 Å². The minimum Gasteiger partial charge on any atom is -0.496 e. The molecule has 0 saturated heterocycles. The quantitative estimate of drug-likeness (QED) is 0.869. The van der Waals surface area contributed by atoms with Crippen LogP contribution in [-0.4, -0.2) is 26.7 Å². The molecule has 0 bridgehead atoms. The minimum absolute atomic E-state index is 0.436. The summed E-state index contributed by atoms with van der Waals surface area (Å²) in [5, 5.41) is 0. The molecule has 1 aliphatic rings. The number of methoxy groups -OCH3 is 1. The maximum absolute atomic E-state index is 5.83. The van der Waals surface area contributed by atoms with Crippen molar-refractivity contribution in [1.82, 2.24) is 0 Å². The normalized spacial score (nSPS) is 22.4. The van der Waals surface area contributed by atoms with Gasteiger partial charge in [-0.1, -0.05) is 6.92 Å². The third-order valence-corrected chi connectivity index (χ3v) is 3.89. The van der Waals surface area contributed by atoms with E-state index in [1.54, 1.807) is 7.11 Å². The largest absolute Gasteiger partial charge is 0.496 e. The third kappa shape index (κ3) is 2.78. The van der Waals surface area contributed by atoms with Crippen LogP contribution >= 0.6 is 0 Å². The van der Waals surface area contributed by atoms with Crippen molar-refractivity contribution in [2.24, 2.45) is 11.7 Å². The van der Waals surface area contributed by atoms with Crippen LogP contribution in [0.25, 0.3) is 0 Å². The first kappa shape index (κ1) is 13.2. The fraction of sp³-hybridized carbons (Fsp3) is 0.600. The van der Waals surface area contributed by atoms with Crippen molar-refractivity contribution in [1.29, 1.82) is 0 Å². The first-order valence-electron chi connectivity index (χ1n) is 6.77. The lowest BCUT2D eigenvalue weighted by Gasteiger charge is -2.36. The highest BCUT2D eigenvalue weighted by Crippen LogP contribution is 2.29. The average Bonchev–Trinajstić information content (AvgIpc) is 2.35. The number of benzene rings is 1. The average molecular weight is 248 g/mol. The first-order chi connectivity index (χ1) is 8.63. The van der Waals surface area contributed by atoms with Gasteiger partial charge in [-0.3, -0.25) is 0 Å². The van der Waals surface area contributed by atoms with Gasteiger partial charge in [-0.15, -0.1) is 0 Å². The molecule has 1 aromatic carbocycles. The Morgan fingerprint density at radius 1 is 1.39 bits per heavy atom. The van der Waals surface area contributed by atoms with Gasteiger partial charge in [0.25, 0.3) is 0 Å². The molecular formula is C15H24N2O. The fourth-order valence-electron chi connectivity index (χ4n) is 2.71. The Hall–Kier alpha value is -1.22. The van der Waals surface area contributed by atoms with E-state index in [9.17, 15) is 0 Å². The minimum atomic E-state index is 0.436. The summed E-state index contributed by atoms with van der Waals surface area (Å²) in [6.45, 7) is 3.26. The van der Waals surface area contributed by atoms with Gasteiger partial charge in [0.2, 0.25) is 0 Å². The molecule has 1 fully saturated rings. The Bertz CT molecular complexity index is 399. The summed E-state index contributed by atoms with van der Waals surface area (Å²) in [6, 6.07) is 6.87. The van der Waals surface area contributed by atoms with Crippen LogP contribution in [0.3, 0.4) is 0 Å². The van der Waals surface area contributed by atoms with Crippen molar-refractivity contribution >= 4 is 5.69 Å². The van der Waals surface area contributed by atoms with E-state index in [4.69, 9.17) is 10.5 Å². The maximum Gasteiger partial charge on any atom is 0.122 e. The van der Waals surface area contributed by atoms with Gasteiger partial charge in [0.15, 0.2) is 0 Å². The predicted molar refractivity (Wildman–Crippen MR) is 76.3 cm³/mol. The van der Waals surface area contributed by atoms with Crippen molar-refractivity contribution in [2.75, 3.05) is 25.6 Å². The second-order valence-corrected chi connectivity index (χ2v) is 5.33. The molecule has 1 aliphatic carbocycles. The number of ether oxygens (including phenoxy) is 1. The molecule has 2 N–H and O–H groups in total. The van der Waals surface area contributed by atoms with E-state index in [1.807, 2.05) is 0 Å². The Morgan fingerprint density at radius 2 is 2.11 bits per heavy atom. The Balaban J connectivity index is 2.03. The van der Waals surface area contributed by atoms with E-state index < -0.39 is 0 Å². The lowest BCUT2D eigenvalue weighted by Crippen LogP contribution is -2.41. The molecule has 3 heteroatoms. The number of nitrogens with zero attached hydrogens (tertiary/aromatic N) is 1. The highest BCUT2D eigenvalue weighted by Gasteiger charge is 2.26. The number of rotatable bonds is 5. The zero-order chi connectivity index (χ0) is 13.1. The van der Waals surface area contributed by atoms with Crippen molar-refractivity contribution in [3.63, 3.8) is 0 Å². The van der Waals surface area contributed by atoms with Crippen LogP contribution in [0.2, 0.25) is 0 Å². The van der Waals surface area contributed by atoms with Crippen molar-refractivity contribution < 1.29 is 4.74 Å². The molecule has 0 spiro atoms. The highest BCUT2D eigenvalue weighted by atomic mass is 16.5. The van der Waals surface area contributed by atoms with Gasteiger partial charge >= 0.3 is 0 Å². The van der Waals surface area contributed by atoms with Gasteiger partial charge in [-0.2, -0.15) is 0 Å². The number of aryl methyl sites for hydroxylation is 1. The molecule has 0 heterocycles. The zero-order valence-corrected chi connectivity index (χ0v) is 11.6. The summed E-state index contributed by atoms with van der Waals surface area (Å²) in [4.78, 5) is 2.33. The molecule has 0 radical (unpaired) electrons. The SMILES string of the molecule is CCc1cc(N(C)CC2CC(N)C2)ccc1OC. The topological polar surface area (TPSA) is 38.5 Å². The van der Waals surface area contributed by atoms with Crippen LogP contribution in [0.5, 0.6) is 5.75 Å². The number of hydrogen-bond donors (Lipinski definition) is 1.